The van der Waals surface area contributed by atoms with Crippen molar-refractivity contribution < 1.29 is 45.4 Å². The molecule has 1 aliphatic heterocycles. The fourth-order valence-corrected chi connectivity index (χ4v) is 3.74. The summed E-state index contributed by atoms with van der Waals surface area (Å²) in [6.45, 7) is 1.05. The summed E-state index contributed by atoms with van der Waals surface area (Å²) in [5.74, 6) is -1.29. The number of benzene rings is 3. The molecule has 0 spiro atoms. The number of hydrogen-bond acceptors (Lipinski definition) is 4. The van der Waals surface area contributed by atoms with Crippen molar-refractivity contribution in [3.05, 3.63) is 83.4 Å². The van der Waals surface area contributed by atoms with Crippen molar-refractivity contribution in [2.75, 3.05) is 31.6 Å². The summed E-state index contributed by atoms with van der Waals surface area (Å²) in [6, 6.07) is 13.7. The van der Waals surface area contributed by atoms with Crippen LogP contribution in [0.3, 0.4) is 0 Å². The van der Waals surface area contributed by atoms with E-state index in [0.29, 0.717) is 23.3 Å². The molecule has 0 unspecified atom stereocenters. The summed E-state index contributed by atoms with van der Waals surface area (Å²) in [5, 5.41) is 2.09. The van der Waals surface area contributed by atoms with E-state index in [1.165, 1.54) is 17.0 Å². The molecular formula is C26H20F6N2O4. The third kappa shape index (κ3) is 6.43. The van der Waals surface area contributed by atoms with Crippen LogP contribution < -0.4 is 10.1 Å². The van der Waals surface area contributed by atoms with Crippen LogP contribution in [0.25, 0.3) is 11.1 Å². The van der Waals surface area contributed by atoms with Gasteiger partial charge in [-0.2, -0.15) is 26.3 Å². The highest BCUT2D eigenvalue weighted by Gasteiger charge is 2.37. The highest BCUT2D eigenvalue weighted by atomic mass is 19.4. The summed E-state index contributed by atoms with van der Waals surface area (Å²) in [5.41, 5.74) is -2.99. The van der Waals surface area contributed by atoms with Crippen LogP contribution in [0.4, 0.5) is 36.8 Å². The zero-order valence-corrected chi connectivity index (χ0v) is 19.5. The lowest BCUT2D eigenvalue weighted by Crippen LogP contribution is -2.42. The van der Waals surface area contributed by atoms with Crippen LogP contribution in [0.5, 0.6) is 5.75 Å². The number of morpholine rings is 1. The van der Waals surface area contributed by atoms with E-state index in [-0.39, 0.29) is 43.7 Å². The lowest BCUT2D eigenvalue weighted by atomic mass is 10.0. The zero-order chi connectivity index (χ0) is 27.5. The molecule has 3 aromatic rings. The summed E-state index contributed by atoms with van der Waals surface area (Å²) in [4.78, 5) is 27.2. The fraction of sp³-hybridized carbons (Fsp3) is 0.231. The number of amides is 2. The van der Waals surface area contributed by atoms with Gasteiger partial charge in [0.15, 0.2) is 0 Å². The molecule has 12 heteroatoms. The Morgan fingerprint density at radius 1 is 0.789 bits per heavy atom. The van der Waals surface area contributed by atoms with Crippen molar-refractivity contribution in [2.24, 2.45) is 0 Å². The summed E-state index contributed by atoms with van der Waals surface area (Å²) >= 11 is 0. The summed E-state index contributed by atoms with van der Waals surface area (Å²) in [7, 11) is 0. The molecule has 2 amide bonds. The van der Waals surface area contributed by atoms with Crippen molar-refractivity contribution in [3.8, 4) is 16.9 Å². The number of halogens is 6. The Labute approximate surface area is 212 Å². The first-order valence-corrected chi connectivity index (χ1v) is 11.3. The number of anilines is 1. The van der Waals surface area contributed by atoms with Gasteiger partial charge < -0.3 is 19.7 Å². The van der Waals surface area contributed by atoms with Crippen molar-refractivity contribution in [1.29, 1.82) is 0 Å². The molecule has 0 aromatic heterocycles. The molecule has 1 fully saturated rings. The van der Waals surface area contributed by atoms with Crippen LogP contribution in [-0.2, 0) is 17.1 Å². The van der Waals surface area contributed by atoms with Crippen molar-refractivity contribution in [3.63, 3.8) is 0 Å². The quantitative estimate of drug-likeness (QED) is 0.387. The Balaban J connectivity index is 1.71. The average Bonchev–Trinajstić information content (AvgIpc) is 2.88. The molecule has 0 radical (unpaired) electrons. The minimum Gasteiger partial charge on any atom is -0.409 e. The number of carbonyl (C=O) groups excluding carboxylic acids is 2. The first-order valence-electron chi connectivity index (χ1n) is 11.3. The Morgan fingerprint density at radius 3 is 1.97 bits per heavy atom. The highest BCUT2D eigenvalue weighted by Crippen LogP contribution is 2.38. The normalized spacial score (nSPS) is 14.2. The molecule has 0 saturated carbocycles. The van der Waals surface area contributed by atoms with E-state index < -0.39 is 41.2 Å². The van der Waals surface area contributed by atoms with E-state index in [4.69, 9.17) is 9.47 Å². The molecule has 0 atom stereocenters. The Bertz CT molecular complexity index is 1290. The van der Waals surface area contributed by atoms with Gasteiger partial charge in [0.2, 0.25) is 0 Å². The Kier molecular flexibility index (Phi) is 7.63. The van der Waals surface area contributed by atoms with E-state index >= 15 is 0 Å². The molecule has 1 saturated heterocycles. The van der Waals surface area contributed by atoms with Gasteiger partial charge >= 0.3 is 18.4 Å². The van der Waals surface area contributed by atoms with Crippen LogP contribution in [-0.4, -0.2) is 43.2 Å². The third-order valence-corrected chi connectivity index (χ3v) is 5.64. The van der Waals surface area contributed by atoms with Gasteiger partial charge in [0, 0.05) is 18.8 Å². The number of nitrogens with one attached hydrogen (secondary N) is 1. The van der Waals surface area contributed by atoms with Crippen LogP contribution in [0, 0.1) is 0 Å². The van der Waals surface area contributed by atoms with Gasteiger partial charge in [-0.15, -0.1) is 0 Å². The van der Waals surface area contributed by atoms with Gasteiger partial charge in [0.05, 0.1) is 29.9 Å². The monoisotopic (exact) mass is 538 g/mol. The van der Waals surface area contributed by atoms with E-state index in [0.717, 1.165) is 0 Å². The van der Waals surface area contributed by atoms with E-state index in [1.54, 1.807) is 36.4 Å². The maximum Gasteiger partial charge on any atom is 0.416 e. The van der Waals surface area contributed by atoms with E-state index in [9.17, 15) is 35.9 Å². The molecule has 38 heavy (non-hydrogen) atoms. The third-order valence-electron chi connectivity index (χ3n) is 5.64. The maximum absolute atomic E-state index is 13.3. The van der Waals surface area contributed by atoms with Gasteiger partial charge in [-0.1, -0.05) is 36.4 Å². The number of rotatable bonds is 4. The minimum atomic E-state index is -5.09. The van der Waals surface area contributed by atoms with Crippen LogP contribution in [0.2, 0.25) is 0 Å². The Hall–Kier alpha value is -4.06. The first-order chi connectivity index (χ1) is 17.9. The maximum atomic E-state index is 13.3. The largest absolute Gasteiger partial charge is 0.416 e. The molecule has 4 rings (SSSR count). The number of alkyl halides is 6. The Morgan fingerprint density at radius 2 is 1.39 bits per heavy atom. The summed E-state index contributed by atoms with van der Waals surface area (Å²) in [6.07, 6.45) is -11.0. The number of ether oxygens (including phenoxy) is 2. The lowest BCUT2D eigenvalue weighted by Gasteiger charge is -2.26. The van der Waals surface area contributed by atoms with Gasteiger partial charge in [0.25, 0.3) is 5.91 Å². The van der Waals surface area contributed by atoms with Crippen molar-refractivity contribution in [1.82, 2.24) is 4.90 Å². The fourth-order valence-electron chi connectivity index (χ4n) is 3.74. The number of carbonyl (C=O) groups is 2. The topological polar surface area (TPSA) is 67.9 Å². The zero-order valence-electron chi connectivity index (χ0n) is 19.5. The second-order valence-electron chi connectivity index (χ2n) is 8.29. The number of hydrogen-bond donors (Lipinski definition) is 1. The molecule has 0 aliphatic carbocycles. The molecule has 0 bridgehead atoms. The standard InChI is InChI=1S/C26H20F6N2O4/c27-25(28,29)18-13-19(26(30,31)32)15-20(14-18)33-23(35)21-12-17(16-4-2-1-3-5-16)6-7-22(21)38-24(36)34-8-10-37-11-9-34/h1-7,12-15H,8-11H2,(H,33,35). The molecule has 1 N–H and O–H groups in total. The van der Waals surface area contributed by atoms with Gasteiger partial charge in [-0.05, 0) is 41.5 Å². The molecule has 1 aliphatic rings. The summed E-state index contributed by atoms with van der Waals surface area (Å²) < 4.78 is 90.2. The smallest absolute Gasteiger partial charge is 0.409 e. The predicted octanol–water partition coefficient (Wildman–Crippen LogP) is 6.47. The second-order valence-corrected chi connectivity index (χ2v) is 8.29. The predicted molar refractivity (Wildman–Crippen MR) is 125 cm³/mol. The minimum absolute atomic E-state index is 0.0405. The van der Waals surface area contributed by atoms with Crippen molar-refractivity contribution in [2.45, 2.75) is 12.4 Å². The van der Waals surface area contributed by atoms with Crippen LogP contribution in [0.1, 0.15) is 21.5 Å². The van der Waals surface area contributed by atoms with Gasteiger partial charge in [-0.3, -0.25) is 4.79 Å². The molecule has 6 nitrogen and oxygen atoms in total. The number of nitrogens with zero attached hydrogens (tertiary/aromatic N) is 1. The van der Waals surface area contributed by atoms with E-state index in [2.05, 4.69) is 5.32 Å². The lowest BCUT2D eigenvalue weighted by molar-refractivity contribution is -0.143. The molecule has 1 heterocycles. The van der Waals surface area contributed by atoms with Gasteiger partial charge in [-0.25, -0.2) is 4.79 Å². The van der Waals surface area contributed by atoms with Crippen LogP contribution in [0.15, 0.2) is 66.7 Å². The highest BCUT2D eigenvalue weighted by molar-refractivity contribution is 6.07. The second kappa shape index (κ2) is 10.7. The molecule has 200 valence electrons. The first kappa shape index (κ1) is 27.0. The van der Waals surface area contributed by atoms with E-state index in [1.807, 2.05) is 0 Å². The van der Waals surface area contributed by atoms with Crippen molar-refractivity contribution >= 4 is 17.7 Å². The van der Waals surface area contributed by atoms with Gasteiger partial charge in [0.1, 0.15) is 5.75 Å². The van der Waals surface area contributed by atoms with Crippen LogP contribution >= 0.6 is 0 Å². The molecule has 3 aromatic carbocycles. The molecular weight excluding hydrogens is 518 g/mol. The average molecular weight is 538 g/mol. The SMILES string of the molecule is O=C(Nc1cc(C(F)(F)F)cc(C(F)(F)F)c1)c1cc(-c2ccccc2)ccc1OC(=O)N1CCOCC1.